The fourth-order valence-corrected chi connectivity index (χ4v) is 2.96. The predicted octanol–water partition coefficient (Wildman–Crippen LogP) is 2.08. The van der Waals surface area contributed by atoms with Crippen molar-refractivity contribution >= 4 is 27.5 Å². The van der Waals surface area contributed by atoms with Crippen molar-refractivity contribution in [1.82, 2.24) is 4.72 Å². The third-order valence-electron chi connectivity index (χ3n) is 1.95. The molecule has 0 saturated carbocycles. The molecule has 0 aromatic heterocycles. The Kier molecular flexibility index (Phi) is 5.21. The molecular formula is C9H9F5N2O2S2. The molecule has 1 aromatic rings. The molecule has 0 amide bonds. The topological polar surface area (TPSA) is 72.2 Å². The van der Waals surface area contributed by atoms with Gasteiger partial charge < -0.3 is 5.73 Å². The maximum atomic E-state index is 13.4. The van der Waals surface area contributed by atoms with E-state index in [9.17, 15) is 30.4 Å². The Balaban J connectivity index is 2.80. The van der Waals surface area contributed by atoms with Crippen LogP contribution in [0.2, 0.25) is 0 Å². The van der Waals surface area contributed by atoms with Gasteiger partial charge in [-0.3, -0.25) is 0 Å². The minimum absolute atomic E-state index is 0.313. The highest BCUT2D eigenvalue weighted by Gasteiger charge is 2.29. The Bertz CT molecular complexity index is 565. The van der Waals surface area contributed by atoms with Gasteiger partial charge in [0.2, 0.25) is 10.0 Å². The summed E-state index contributed by atoms with van der Waals surface area (Å²) in [7, 11) is -4.59. The van der Waals surface area contributed by atoms with E-state index in [1.54, 1.807) is 4.72 Å². The van der Waals surface area contributed by atoms with Crippen LogP contribution in [0.25, 0.3) is 0 Å². The van der Waals surface area contributed by atoms with Crippen molar-refractivity contribution in [2.75, 3.05) is 18.0 Å². The van der Waals surface area contributed by atoms with E-state index >= 15 is 0 Å². The van der Waals surface area contributed by atoms with Gasteiger partial charge in [-0.15, -0.1) is 0 Å². The van der Waals surface area contributed by atoms with E-state index in [1.165, 1.54) is 0 Å². The number of hydrogen-bond donors (Lipinski definition) is 2. The first-order valence-electron chi connectivity index (χ1n) is 4.98. The van der Waals surface area contributed by atoms with Gasteiger partial charge >= 0.3 is 5.51 Å². The smallest absolute Gasteiger partial charge is 0.399 e. The maximum absolute atomic E-state index is 13.4. The van der Waals surface area contributed by atoms with Gasteiger partial charge in [0.05, 0.1) is 0 Å². The second-order valence-corrected chi connectivity index (χ2v) is 6.37. The Morgan fingerprint density at radius 3 is 2.15 bits per heavy atom. The minimum atomic E-state index is -4.59. The van der Waals surface area contributed by atoms with Crippen molar-refractivity contribution in [2.24, 2.45) is 0 Å². The molecule has 1 rings (SSSR count). The van der Waals surface area contributed by atoms with Crippen LogP contribution in [0, 0.1) is 11.6 Å². The Labute approximate surface area is 115 Å². The third kappa shape index (κ3) is 4.80. The molecule has 0 bridgehead atoms. The third-order valence-corrected chi connectivity index (χ3v) is 4.20. The summed E-state index contributed by atoms with van der Waals surface area (Å²) in [5.74, 6) is -3.46. The van der Waals surface area contributed by atoms with E-state index in [0.717, 1.165) is 0 Å². The number of sulfonamides is 1. The van der Waals surface area contributed by atoms with Gasteiger partial charge in [-0.2, -0.15) is 13.2 Å². The van der Waals surface area contributed by atoms with Crippen molar-refractivity contribution in [3.8, 4) is 0 Å². The van der Waals surface area contributed by atoms with Crippen LogP contribution in [-0.4, -0.2) is 26.2 Å². The number of hydrogen-bond acceptors (Lipinski definition) is 4. The zero-order valence-corrected chi connectivity index (χ0v) is 11.3. The molecule has 0 aliphatic carbocycles. The monoisotopic (exact) mass is 336 g/mol. The summed E-state index contributed by atoms with van der Waals surface area (Å²) in [4.78, 5) is -1.27. The highest BCUT2D eigenvalue weighted by Crippen LogP contribution is 2.29. The first kappa shape index (κ1) is 17.0. The molecule has 0 saturated heterocycles. The summed E-state index contributed by atoms with van der Waals surface area (Å²) in [5, 5.41) is 0. The van der Waals surface area contributed by atoms with E-state index < -0.39 is 56.1 Å². The lowest BCUT2D eigenvalue weighted by molar-refractivity contribution is -0.0327. The Hall–Kier alpha value is -1.07. The van der Waals surface area contributed by atoms with Crippen molar-refractivity contribution in [2.45, 2.75) is 10.4 Å². The molecule has 0 aliphatic rings. The van der Waals surface area contributed by atoms with E-state index in [-0.39, 0.29) is 5.69 Å². The predicted molar refractivity (Wildman–Crippen MR) is 64.5 cm³/mol. The van der Waals surface area contributed by atoms with Gasteiger partial charge in [0.1, 0.15) is 11.6 Å². The number of nitrogens with one attached hydrogen (secondary N) is 1. The largest absolute Gasteiger partial charge is 0.441 e. The first-order chi connectivity index (χ1) is 9.03. The molecule has 11 heteroatoms. The molecule has 114 valence electrons. The average molecular weight is 336 g/mol. The molecular weight excluding hydrogens is 327 g/mol. The molecule has 0 heterocycles. The van der Waals surface area contributed by atoms with Crippen molar-refractivity contribution in [3.05, 3.63) is 23.8 Å². The highest BCUT2D eigenvalue weighted by atomic mass is 32.2. The molecule has 0 aliphatic heterocycles. The molecule has 20 heavy (non-hydrogen) atoms. The zero-order valence-electron chi connectivity index (χ0n) is 9.67. The van der Waals surface area contributed by atoms with Gasteiger partial charge in [0.15, 0.2) is 4.90 Å². The summed E-state index contributed by atoms with van der Waals surface area (Å²) in [6.07, 6.45) is 0. The lowest BCUT2D eigenvalue weighted by atomic mass is 10.3. The van der Waals surface area contributed by atoms with Crippen molar-refractivity contribution in [1.29, 1.82) is 0 Å². The van der Waals surface area contributed by atoms with Crippen LogP contribution in [0.15, 0.2) is 17.0 Å². The molecule has 0 unspecified atom stereocenters. The molecule has 4 nitrogen and oxygen atoms in total. The van der Waals surface area contributed by atoms with Crippen LogP contribution >= 0.6 is 11.8 Å². The highest BCUT2D eigenvalue weighted by molar-refractivity contribution is 8.00. The molecule has 0 radical (unpaired) electrons. The summed E-state index contributed by atoms with van der Waals surface area (Å²) in [5.41, 5.74) is 0.293. The first-order valence-corrected chi connectivity index (χ1v) is 7.44. The molecule has 0 fully saturated rings. The fraction of sp³-hybridized carbons (Fsp3) is 0.333. The lowest BCUT2D eigenvalue weighted by Crippen LogP contribution is -2.28. The summed E-state index contributed by atoms with van der Waals surface area (Å²) in [6.45, 7) is -0.629. The van der Waals surface area contributed by atoms with Gasteiger partial charge in [0.25, 0.3) is 0 Å². The zero-order chi connectivity index (χ0) is 15.6. The molecule has 1 aromatic carbocycles. The van der Waals surface area contributed by atoms with Gasteiger partial charge in [-0.25, -0.2) is 21.9 Å². The van der Waals surface area contributed by atoms with Gasteiger partial charge in [-0.05, 0) is 23.9 Å². The van der Waals surface area contributed by atoms with Crippen LogP contribution in [0.3, 0.4) is 0 Å². The summed E-state index contributed by atoms with van der Waals surface area (Å²) < 4.78 is 87.1. The summed E-state index contributed by atoms with van der Waals surface area (Å²) >= 11 is -0.454. The number of rotatable bonds is 5. The number of alkyl halides is 3. The lowest BCUT2D eigenvalue weighted by Gasteiger charge is -2.10. The minimum Gasteiger partial charge on any atom is -0.399 e. The van der Waals surface area contributed by atoms with Crippen molar-refractivity contribution < 1.29 is 30.4 Å². The van der Waals surface area contributed by atoms with E-state index in [4.69, 9.17) is 5.73 Å². The second kappa shape index (κ2) is 6.14. The molecule has 3 N–H and O–H groups in total. The number of nitrogens with two attached hydrogens (primary N) is 1. The fourth-order valence-electron chi connectivity index (χ4n) is 1.25. The van der Waals surface area contributed by atoms with Gasteiger partial charge in [0, 0.05) is 18.0 Å². The van der Waals surface area contributed by atoms with Crippen LogP contribution in [0.4, 0.5) is 27.6 Å². The Morgan fingerprint density at radius 1 is 1.20 bits per heavy atom. The SMILES string of the molecule is Nc1cc(F)c(S(=O)(=O)NCCSC(F)(F)F)c(F)c1. The number of halogens is 5. The van der Waals surface area contributed by atoms with Crippen LogP contribution in [-0.2, 0) is 10.0 Å². The van der Waals surface area contributed by atoms with Crippen molar-refractivity contribution in [3.63, 3.8) is 0 Å². The number of benzene rings is 1. The standard InChI is InChI=1S/C9H9F5N2O2S2/c10-6-3-5(15)4-7(11)8(6)20(17,18)16-1-2-19-9(12,13)14/h3-4,16H,1-2,15H2. The van der Waals surface area contributed by atoms with Gasteiger partial charge in [-0.1, -0.05) is 0 Å². The quantitative estimate of drug-likeness (QED) is 0.491. The number of thioether (sulfide) groups is 1. The number of nitrogen functional groups attached to an aromatic ring is 1. The number of anilines is 1. The van der Waals surface area contributed by atoms with Crippen LogP contribution in [0.5, 0.6) is 0 Å². The van der Waals surface area contributed by atoms with E-state index in [1.807, 2.05) is 0 Å². The maximum Gasteiger partial charge on any atom is 0.441 e. The Morgan fingerprint density at radius 2 is 1.70 bits per heavy atom. The van der Waals surface area contributed by atoms with E-state index in [0.29, 0.717) is 12.1 Å². The average Bonchev–Trinajstić information content (AvgIpc) is 2.21. The second-order valence-electron chi connectivity index (χ2n) is 3.51. The van der Waals surface area contributed by atoms with Crippen LogP contribution < -0.4 is 10.5 Å². The normalized spacial score (nSPS) is 12.7. The van der Waals surface area contributed by atoms with Crippen LogP contribution in [0.1, 0.15) is 0 Å². The molecule has 0 spiro atoms. The van der Waals surface area contributed by atoms with E-state index in [2.05, 4.69) is 0 Å². The summed E-state index contributed by atoms with van der Waals surface area (Å²) in [6, 6.07) is 1.20. The molecule has 0 atom stereocenters.